The van der Waals surface area contributed by atoms with Crippen LogP contribution in [0.2, 0.25) is 5.02 Å². The van der Waals surface area contributed by atoms with E-state index in [0.717, 1.165) is 9.87 Å². The molecule has 1 unspecified atom stereocenters. The molecular weight excluding hydrogens is 554 g/mol. The van der Waals surface area contributed by atoms with Crippen LogP contribution in [0.4, 0.5) is 5.69 Å². The zero-order chi connectivity index (χ0) is 29.4. The van der Waals surface area contributed by atoms with E-state index in [4.69, 9.17) is 21.1 Å². The number of amides is 2. The third-order valence-electron chi connectivity index (χ3n) is 6.47. The number of benzene rings is 3. The number of ether oxygens (including phenoxy) is 2. The molecule has 0 saturated heterocycles. The van der Waals surface area contributed by atoms with Crippen molar-refractivity contribution in [3.63, 3.8) is 0 Å². The summed E-state index contributed by atoms with van der Waals surface area (Å²) in [5.41, 5.74) is 1.70. The van der Waals surface area contributed by atoms with E-state index in [1.165, 1.54) is 50.4 Å². The number of aryl methyl sites for hydroxylation is 1. The molecule has 214 valence electrons. The molecule has 3 aromatic rings. The molecule has 0 aliphatic carbocycles. The number of carbonyl (C=O) groups excluding carboxylic acids is 2. The third-order valence-corrected chi connectivity index (χ3v) is 8.63. The number of hydrogen-bond acceptors (Lipinski definition) is 6. The molecule has 3 rings (SSSR count). The Labute approximate surface area is 240 Å². The molecule has 0 heterocycles. The first kappa shape index (κ1) is 30.8. The van der Waals surface area contributed by atoms with E-state index in [1.807, 2.05) is 6.92 Å². The Bertz CT molecular complexity index is 1450. The second kappa shape index (κ2) is 13.5. The summed E-state index contributed by atoms with van der Waals surface area (Å²) in [6.45, 7) is 3.06. The largest absolute Gasteiger partial charge is 0.493 e. The van der Waals surface area contributed by atoms with E-state index >= 15 is 0 Å². The van der Waals surface area contributed by atoms with Gasteiger partial charge in [-0.1, -0.05) is 54.4 Å². The first-order valence-electron chi connectivity index (χ1n) is 12.6. The predicted molar refractivity (Wildman–Crippen MR) is 155 cm³/mol. The molecule has 1 N–H and O–H groups in total. The summed E-state index contributed by atoms with van der Waals surface area (Å²) in [4.78, 5) is 28.2. The first-order valence-corrected chi connectivity index (χ1v) is 14.4. The van der Waals surface area contributed by atoms with Gasteiger partial charge in [-0.2, -0.15) is 0 Å². The minimum atomic E-state index is -4.22. The Morgan fingerprint density at radius 1 is 0.975 bits per heavy atom. The van der Waals surface area contributed by atoms with Crippen molar-refractivity contribution in [1.82, 2.24) is 10.2 Å². The molecule has 0 aliphatic heterocycles. The predicted octanol–water partition coefficient (Wildman–Crippen LogP) is 4.41. The molecule has 0 aromatic heterocycles. The lowest BCUT2D eigenvalue weighted by Crippen LogP contribution is -2.51. The van der Waals surface area contributed by atoms with Crippen molar-refractivity contribution in [1.29, 1.82) is 0 Å². The highest BCUT2D eigenvalue weighted by atomic mass is 35.5. The van der Waals surface area contributed by atoms with Crippen LogP contribution in [0, 0.1) is 6.92 Å². The maximum Gasteiger partial charge on any atom is 0.264 e. The SMILES string of the molecule is CCC(C(=O)NC)N(Cc1ccccc1Cl)C(=O)CN(c1ccc(OC)c(OC)c1)S(=O)(=O)c1ccc(C)cc1. The first-order chi connectivity index (χ1) is 19.1. The van der Waals surface area contributed by atoms with E-state index in [-0.39, 0.29) is 23.0 Å². The van der Waals surface area contributed by atoms with Crippen molar-refractivity contribution in [2.45, 2.75) is 37.8 Å². The Kier molecular flexibility index (Phi) is 10.4. The van der Waals surface area contributed by atoms with Crippen molar-refractivity contribution < 1.29 is 27.5 Å². The average molecular weight is 588 g/mol. The number of methoxy groups -OCH3 is 2. The molecule has 0 spiro atoms. The highest BCUT2D eigenvalue weighted by Crippen LogP contribution is 2.34. The number of carbonyl (C=O) groups is 2. The number of nitrogens with one attached hydrogen (secondary N) is 1. The molecule has 2 amide bonds. The fourth-order valence-electron chi connectivity index (χ4n) is 4.24. The lowest BCUT2D eigenvalue weighted by Gasteiger charge is -2.33. The van der Waals surface area contributed by atoms with Crippen molar-refractivity contribution in [3.8, 4) is 11.5 Å². The second-order valence-electron chi connectivity index (χ2n) is 9.02. The minimum Gasteiger partial charge on any atom is -0.493 e. The van der Waals surface area contributed by atoms with E-state index in [2.05, 4.69) is 5.32 Å². The molecule has 9 nitrogen and oxygen atoms in total. The van der Waals surface area contributed by atoms with E-state index in [1.54, 1.807) is 49.4 Å². The Morgan fingerprint density at radius 2 is 1.62 bits per heavy atom. The number of sulfonamides is 1. The quantitative estimate of drug-likeness (QED) is 0.336. The Hall–Kier alpha value is -3.76. The summed E-state index contributed by atoms with van der Waals surface area (Å²) in [5, 5.41) is 3.02. The second-order valence-corrected chi connectivity index (χ2v) is 11.3. The summed E-state index contributed by atoms with van der Waals surface area (Å²) in [6.07, 6.45) is 0.303. The smallest absolute Gasteiger partial charge is 0.264 e. The standard InChI is InChI=1S/C29H34ClN3O6S/c1-6-25(29(35)31-3)32(18-21-9-7-8-10-24(21)30)28(34)19-33(22-13-16-26(38-4)27(17-22)39-5)40(36,37)23-14-11-20(2)12-15-23/h7-17,25H,6,18-19H2,1-5H3,(H,31,35). The summed E-state index contributed by atoms with van der Waals surface area (Å²) in [5.74, 6) is -0.264. The average Bonchev–Trinajstić information content (AvgIpc) is 2.96. The molecule has 0 bridgehead atoms. The molecule has 0 aliphatic rings. The monoisotopic (exact) mass is 587 g/mol. The fraction of sp³-hybridized carbons (Fsp3) is 0.310. The van der Waals surface area contributed by atoms with Gasteiger partial charge in [-0.05, 0) is 49.2 Å². The number of hydrogen-bond donors (Lipinski definition) is 1. The molecule has 11 heteroatoms. The fourth-order valence-corrected chi connectivity index (χ4v) is 5.84. The topological polar surface area (TPSA) is 105 Å². The van der Waals surface area contributed by atoms with Crippen LogP contribution in [0.25, 0.3) is 0 Å². The third kappa shape index (κ3) is 6.86. The van der Waals surface area contributed by atoms with Crippen LogP contribution in [0.1, 0.15) is 24.5 Å². The zero-order valence-corrected chi connectivity index (χ0v) is 24.8. The van der Waals surface area contributed by atoms with Crippen LogP contribution in [-0.4, -0.2) is 59.0 Å². The van der Waals surface area contributed by atoms with Crippen molar-refractivity contribution >= 4 is 39.1 Å². The number of halogens is 1. The molecule has 0 saturated carbocycles. The van der Waals surface area contributed by atoms with Gasteiger partial charge in [0, 0.05) is 24.7 Å². The van der Waals surface area contributed by atoms with Crippen LogP contribution in [0.5, 0.6) is 11.5 Å². The number of nitrogens with zero attached hydrogens (tertiary/aromatic N) is 2. The maximum atomic E-state index is 14.0. The molecule has 3 aromatic carbocycles. The van der Waals surface area contributed by atoms with Crippen LogP contribution in [0.3, 0.4) is 0 Å². The van der Waals surface area contributed by atoms with Crippen molar-refractivity contribution in [2.24, 2.45) is 0 Å². The lowest BCUT2D eigenvalue weighted by atomic mass is 10.1. The van der Waals surface area contributed by atoms with Gasteiger partial charge in [0.2, 0.25) is 11.8 Å². The maximum absolute atomic E-state index is 14.0. The summed E-state index contributed by atoms with van der Waals surface area (Å²) in [6, 6.07) is 17.1. The normalized spacial score (nSPS) is 11.8. The number of likely N-dealkylation sites (N-methyl/N-ethyl adjacent to an activating group) is 1. The molecular formula is C29H34ClN3O6S. The lowest BCUT2D eigenvalue weighted by molar-refractivity contribution is -0.140. The van der Waals surface area contributed by atoms with E-state index in [0.29, 0.717) is 28.5 Å². The molecule has 40 heavy (non-hydrogen) atoms. The van der Waals surface area contributed by atoms with Crippen molar-refractivity contribution in [3.05, 3.63) is 82.9 Å². The van der Waals surface area contributed by atoms with Crippen LogP contribution in [-0.2, 0) is 26.2 Å². The highest BCUT2D eigenvalue weighted by molar-refractivity contribution is 7.92. The van der Waals surface area contributed by atoms with Gasteiger partial charge >= 0.3 is 0 Å². The molecule has 0 radical (unpaired) electrons. The van der Waals surface area contributed by atoms with Gasteiger partial charge in [0.25, 0.3) is 10.0 Å². The zero-order valence-electron chi connectivity index (χ0n) is 23.2. The van der Waals surface area contributed by atoms with E-state index in [9.17, 15) is 18.0 Å². The van der Waals surface area contributed by atoms with Gasteiger partial charge in [-0.3, -0.25) is 13.9 Å². The van der Waals surface area contributed by atoms with Crippen LogP contribution < -0.4 is 19.1 Å². The van der Waals surface area contributed by atoms with Gasteiger partial charge in [0.05, 0.1) is 24.8 Å². The van der Waals surface area contributed by atoms with Gasteiger partial charge in [-0.25, -0.2) is 8.42 Å². The molecule has 0 fully saturated rings. The summed E-state index contributed by atoms with van der Waals surface area (Å²) < 4.78 is 39.7. The van der Waals surface area contributed by atoms with Crippen molar-refractivity contribution in [2.75, 3.05) is 32.1 Å². The highest BCUT2D eigenvalue weighted by Gasteiger charge is 2.34. The van der Waals surface area contributed by atoms with Gasteiger partial charge in [0.1, 0.15) is 12.6 Å². The summed E-state index contributed by atoms with van der Waals surface area (Å²) >= 11 is 6.39. The molecule has 1 atom stereocenters. The van der Waals surface area contributed by atoms with Gasteiger partial charge in [0.15, 0.2) is 11.5 Å². The minimum absolute atomic E-state index is 0.00872. The van der Waals surface area contributed by atoms with Gasteiger partial charge in [-0.15, -0.1) is 0 Å². The number of anilines is 1. The van der Waals surface area contributed by atoms with E-state index < -0.39 is 28.5 Å². The van der Waals surface area contributed by atoms with Crippen LogP contribution >= 0.6 is 11.6 Å². The number of rotatable bonds is 12. The Balaban J connectivity index is 2.13. The van der Waals surface area contributed by atoms with Crippen LogP contribution in [0.15, 0.2) is 71.6 Å². The van der Waals surface area contributed by atoms with Gasteiger partial charge < -0.3 is 19.7 Å². The summed E-state index contributed by atoms with van der Waals surface area (Å²) in [7, 11) is 0.174. The Morgan fingerprint density at radius 3 is 2.20 bits per heavy atom.